The average molecular weight is 419 g/mol. The van der Waals surface area contributed by atoms with E-state index in [1.54, 1.807) is 45.2 Å². The summed E-state index contributed by atoms with van der Waals surface area (Å²) in [5, 5.41) is 0. The molecule has 112 valence electrons. The van der Waals surface area contributed by atoms with Crippen LogP contribution in [0.5, 0.6) is 0 Å². The van der Waals surface area contributed by atoms with Crippen molar-refractivity contribution in [3.8, 4) is 11.3 Å². The molecule has 0 unspecified atom stereocenters. The average Bonchev–Trinajstić information content (AvgIpc) is 2.73. The van der Waals surface area contributed by atoms with Crippen LogP contribution in [-0.2, 0) is 4.74 Å². The standard InChI is InChI=1S/C15H14Br2FNO2/c1-15(2,3)21-14(20)19-8-10(16)7-13(19)9-4-5-12(18)11(17)6-9/h4-8H,1-3H3. The molecule has 2 aromatic rings. The van der Waals surface area contributed by atoms with Gasteiger partial charge in [0.25, 0.3) is 0 Å². The number of hydrogen-bond donors (Lipinski definition) is 0. The molecule has 0 saturated heterocycles. The molecule has 1 aromatic carbocycles. The molecule has 0 aliphatic rings. The molecule has 1 aromatic heterocycles. The van der Waals surface area contributed by atoms with Gasteiger partial charge in [-0.25, -0.2) is 9.18 Å². The van der Waals surface area contributed by atoms with Crippen molar-refractivity contribution in [3.63, 3.8) is 0 Å². The third-order valence-electron chi connectivity index (χ3n) is 2.59. The largest absolute Gasteiger partial charge is 0.443 e. The smallest absolute Gasteiger partial charge is 0.419 e. The highest BCUT2D eigenvalue weighted by atomic mass is 79.9. The van der Waals surface area contributed by atoms with Crippen molar-refractivity contribution in [2.24, 2.45) is 0 Å². The molecule has 1 heterocycles. The molecule has 0 spiro atoms. The van der Waals surface area contributed by atoms with E-state index < -0.39 is 11.7 Å². The van der Waals surface area contributed by atoms with Crippen molar-refractivity contribution in [2.45, 2.75) is 26.4 Å². The number of rotatable bonds is 1. The Morgan fingerprint density at radius 2 is 1.90 bits per heavy atom. The minimum absolute atomic E-state index is 0.341. The highest BCUT2D eigenvalue weighted by Gasteiger charge is 2.21. The van der Waals surface area contributed by atoms with Crippen molar-refractivity contribution >= 4 is 38.0 Å². The second-order valence-corrected chi connectivity index (χ2v) is 7.29. The summed E-state index contributed by atoms with van der Waals surface area (Å²) in [6.45, 7) is 5.41. The molecule has 0 aliphatic carbocycles. The van der Waals surface area contributed by atoms with Gasteiger partial charge in [-0.1, -0.05) is 0 Å². The molecule has 2 rings (SSSR count). The van der Waals surface area contributed by atoms with Crippen LogP contribution in [0.25, 0.3) is 11.3 Å². The first-order chi connectivity index (χ1) is 9.67. The number of aromatic nitrogens is 1. The number of halogens is 3. The quantitative estimate of drug-likeness (QED) is 0.603. The minimum Gasteiger partial charge on any atom is -0.443 e. The molecule has 0 atom stereocenters. The molecule has 0 amide bonds. The predicted octanol–water partition coefficient (Wildman–Crippen LogP) is 5.60. The van der Waals surface area contributed by atoms with Gasteiger partial charge in [0.1, 0.15) is 11.4 Å². The monoisotopic (exact) mass is 417 g/mol. The molecule has 21 heavy (non-hydrogen) atoms. The van der Waals surface area contributed by atoms with Crippen LogP contribution in [-0.4, -0.2) is 16.3 Å². The van der Waals surface area contributed by atoms with Crippen molar-refractivity contribution < 1.29 is 13.9 Å². The van der Waals surface area contributed by atoms with Gasteiger partial charge >= 0.3 is 6.09 Å². The Morgan fingerprint density at radius 1 is 1.24 bits per heavy atom. The number of hydrogen-bond acceptors (Lipinski definition) is 2. The van der Waals surface area contributed by atoms with E-state index in [0.717, 1.165) is 4.47 Å². The summed E-state index contributed by atoms with van der Waals surface area (Å²) in [5.41, 5.74) is 0.741. The SMILES string of the molecule is CC(C)(C)OC(=O)n1cc(Br)cc1-c1ccc(F)c(Br)c1. The van der Waals surface area contributed by atoms with Crippen LogP contribution in [0.4, 0.5) is 9.18 Å². The summed E-state index contributed by atoms with van der Waals surface area (Å²) in [6, 6.07) is 6.37. The minimum atomic E-state index is -0.589. The lowest BCUT2D eigenvalue weighted by atomic mass is 10.1. The van der Waals surface area contributed by atoms with Gasteiger partial charge in [-0.05, 0) is 76.9 Å². The third-order valence-corrected chi connectivity index (χ3v) is 3.63. The Hall–Kier alpha value is -1.14. The van der Waals surface area contributed by atoms with Gasteiger partial charge < -0.3 is 4.74 Å². The fraction of sp³-hybridized carbons (Fsp3) is 0.267. The first kappa shape index (κ1) is 16.2. The first-order valence-corrected chi connectivity index (χ1v) is 7.82. The Morgan fingerprint density at radius 3 is 2.48 bits per heavy atom. The number of ether oxygens (including phenoxy) is 1. The molecular formula is C15H14Br2FNO2. The summed E-state index contributed by atoms with van der Waals surface area (Å²) >= 11 is 6.50. The first-order valence-electron chi connectivity index (χ1n) is 6.24. The molecular weight excluding hydrogens is 405 g/mol. The van der Waals surface area contributed by atoms with Crippen molar-refractivity contribution in [3.05, 3.63) is 45.2 Å². The second kappa shape index (κ2) is 5.93. The van der Waals surface area contributed by atoms with Gasteiger partial charge in [-0.15, -0.1) is 0 Å². The molecule has 3 nitrogen and oxygen atoms in total. The van der Waals surface area contributed by atoms with E-state index in [4.69, 9.17) is 4.74 Å². The number of carbonyl (C=O) groups excluding carboxylic acids is 1. The van der Waals surface area contributed by atoms with Crippen molar-refractivity contribution in [1.29, 1.82) is 0 Å². The zero-order valence-corrected chi connectivity index (χ0v) is 15.0. The summed E-state index contributed by atoms with van der Waals surface area (Å²) in [6.07, 6.45) is 1.14. The van der Waals surface area contributed by atoms with Crippen LogP contribution in [0.1, 0.15) is 20.8 Å². The van der Waals surface area contributed by atoms with Crippen molar-refractivity contribution in [2.75, 3.05) is 0 Å². The zero-order chi connectivity index (χ0) is 15.8. The lowest BCUT2D eigenvalue weighted by molar-refractivity contribution is 0.0540. The topological polar surface area (TPSA) is 31.2 Å². The summed E-state index contributed by atoms with van der Waals surface area (Å²) < 4.78 is 21.2. The highest BCUT2D eigenvalue weighted by Crippen LogP contribution is 2.29. The Bertz CT molecular complexity index is 689. The van der Waals surface area contributed by atoms with Crippen LogP contribution in [0, 0.1) is 5.82 Å². The fourth-order valence-corrected chi connectivity index (χ4v) is 2.57. The van der Waals surface area contributed by atoms with Gasteiger partial charge in [0.05, 0.1) is 10.2 Å². The fourth-order valence-electron chi connectivity index (χ4n) is 1.77. The molecule has 0 aliphatic heterocycles. The van der Waals surface area contributed by atoms with E-state index in [-0.39, 0.29) is 5.82 Å². The maximum Gasteiger partial charge on any atom is 0.419 e. The van der Waals surface area contributed by atoms with E-state index in [1.807, 2.05) is 0 Å². The van der Waals surface area contributed by atoms with Crippen LogP contribution in [0.2, 0.25) is 0 Å². The maximum atomic E-state index is 13.3. The molecule has 0 radical (unpaired) electrons. The molecule has 6 heteroatoms. The number of carbonyl (C=O) groups is 1. The molecule has 0 saturated carbocycles. The highest BCUT2D eigenvalue weighted by molar-refractivity contribution is 9.10. The zero-order valence-electron chi connectivity index (χ0n) is 11.8. The lowest BCUT2D eigenvalue weighted by Gasteiger charge is -2.20. The Balaban J connectivity index is 2.45. The van der Waals surface area contributed by atoms with Gasteiger partial charge in [-0.3, -0.25) is 4.57 Å². The van der Waals surface area contributed by atoms with E-state index in [2.05, 4.69) is 31.9 Å². The van der Waals surface area contributed by atoms with Gasteiger partial charge in [0, 0.05) is 16.2 Å². The third kappa shape index (κ3) is 3.95. The Labute approximate surface area is 139 Å². The Kier molecular flexibility index (Phi) is 4.58. The molecule has 0 N–H and O–H groups in total. The van der Waals surface area contributed by atoms with Crippen LogP contribution in [0.3, 0.4) is 0 Å². The number of nitrogens with zero attached hydrogens (tertiary/aromatic N) is 1. The molecule has 0 fully saturated rings. The number of benzene rings is 1. The summed E-state index contributed by atoms with van der Waals surface area (Å²) in [4.78, 5) is 12.3. The maximum absolute atomic E-state index is 13.3. The van der Waals surface area contributed by atoms with Crippen LogP contribution >= 0.6 is 31.9 Å². The van der Waals surface area contributed by atoms with E-state index in [9.17, 15) is 9.18 Å². The second-order valence-electron chi connectivity index (χ2n) is 5.52. The summed E-state index contributed by atoms with van der Waals surface area (Å²) in [7, 11) is 0. The van der Waals surface area contributed by atoms with Crippen LogP contribution in [0.15, 0.2) is 39.4 Å². The predicted molar refractivity (Wildman–Crippen MR) is 86.9 cm³/mol. The van der Waals surface area contributed by atoms with E-state index in [0.29, 0.717) is 15.7 Å². The lowest BCUT2D eigenvalue weighted by Crippen LogP contribution is -2.27. The van der Waals surface area contributed by atoms with E-state index >= 15 is 0 Å². The van der Waals surface area contributed by atoms with Gasteiger partial charge in [0.15, 0.2) is 0 Å². The van der Waals surface area contributed by atoms with Gasteiger partial charge in [0.2, 0.25) is 0 Å². The summed E-state index contributed by atoms with van der Waals surface area (Å²) in [5.74, 6) is -0.354. The normalized spacial score (nSPS) is 11.5. The van der Waals surface area contributed by atoms with Gasteiger partial charge in [-0.2, -0.15) is 0 Å². The van der Waals surface area contributed by atoms with E-state index in [1.165, 1.54) is 10.6 Å². The molecule has 0 bridgehead atoms. The van der Waals surface area contributed by atoms with Crippen molar-refractivity contribution in [1.82, 2.24) is 4.57 Å². The van der Waals surface area contributed by atoms with Crippen LogP contribution < -0.4 is 0 Å².